The fourth-order valence-corrected chi connectivity index (χ4v) is 4.37. The molecule has 3 fully saturated rings. The van der Waals surface area contributed by atoms with Crippen molar-refractivity contribution < 1.29 is 4.74 Å². The topological polar surface area (TPSA) is 21.3 Å². The van der Waals surface area contributed by atoms with Crippen LogP contribution in [0.15, 0.2) is 0 Å². The van der Waals surface area contributed by atoms with Gasteiger partial charge in [0, 0.05) is 12.6 Å². The first kappa shape index (κ1) is 13.9. The number of ether oxygens (including phenoxy) is 1. The lowest BCUT2D eigenvalue weighted by molar-refractivity contribution is -0.122. The molecule has 2 nitrogen and oxygen atoms in total. The second-order valence-corrected chi connectivity index (χ2v) is 7.19. The smallest absolute Gasteiger partial charge is 0.0685 e. The van der Waals surface area contributed by atoms with Gasteiger partial charge in [-0.05, 0) is 50.5 Å². The Balaban J connectivity index is 1.61. The Morgan fingerprint density at radius 3 is 2.63 bits per heavy atom. The lowest BCUT2D eigenvalue weighted by Crippen LogP contribution is -2.48. The number of nitrogens with one attached hydrogen (secondary N) is 1. The molecular weight excluding hydrogens is 234 g/mol. The van der Waals surface area contributed by atoms with Gasteiger partial charge in [0.15, 0.2) is 0 Å². The summed E-state index contributed by atoms with van der Waals surface area (Å²) in [6, 6.07) is 0.764. The van der Waals surface area contributed by atoms with E-state index in [-0.39, 0.29) is 5.60 Å². The van der Waals surface area contributed by atoms with Crippen molar-refractivity contribution in [2.75, 3.05) is 13.2 Å². The Hall–Kier alpha value is -0.0800. The van der Waals surface area contributed by atoms with Gasteiger partial charge >= 0.3 is 0 Å². The summed E-state index contributed by atoms with van der Waals surface area (Å²) in [6.45, 7) is 4.40. The van der Waals surface area contributed by atoms with Gasteiger partial charge in [0.1, 0.15) is 0 Å². The fraction of sp³-hybridized carbons (Fsp3) is 1.00. The van der Waals surface area contributed by atoms with E-state index in [9.17, 15) is 0 Å². The van der Waals surface area contributed by atoms with Crippen molar-refractivity contribution in [3.8, 4) is 0 Å². The maximum atomic E-state index is 6.26. The molecule has 0 aromatic carbocycles. The van der Waals surface area contributed by atoms with Crippen LogP contribution < -0.4 is 5.32 Å². The summed E-state index contributed by atoms with van der Waals surface area (Å²) in [5.41, 5.74) is 0.276. The minimum atomic E-state index is 0.276. The van der Waals surface area contributed by atoms with Gasteiger partial charge in [-0.2, -0.15) is 0 Å². The van der Waals surface area contributed by atoms with Gasteiger partial charge in [0.2, 0.25) is 0 Å². The van der Waals surface area contributed by atoms with Crippen LogP contribution in [0.3, 0.4) is 0 Å². The van der Waals surface area contributed by atoms with Gasteiger partial charge in [-0.25, -0.2) is 0 Å². The second-order valence-electron chi connectivity index (χ2n) is 7.19. The summed E-state index contributed by atoms with van der Waals surface area (Å²) in [7, 11) is 0. The van der Waals surface area contributed by atoms with Crippen LogP contribution in [0, 0.1) is 11.8 Å². The van der Waals surface area contributed by atoms with Crippen LogP contribution in [0.1, 0.15) is 71.1 Å². The van der Waals surface area contributed by atoms with Gasteiger partial charge in [-0.3, -0.25) is 0 Å². The zero-order valence-corrected chi connectivity index (χ0v) is 12.6. The van der Waals surface area contributed by atoms with E-state index in [0.29, 0.717) is 0 Å². The molecule has 1 spiro atoms. The zero-order chi connectivity index (χ0) is 13.1. The molecule has 0 aromatic rings. The summed E-state index contributed by atoms with van der Waals surface area (Å²) in [6.07, 6.45) is 13.9. The Morgan fingerprint density at radius 1 is 1.16 bits per heavy atom. The van der Waals surface area contributed by atoms with Crippen molar-refractivity contribution in [2.45, 2.75) is 82.8 Å². The molecule has 110 valence electrons. The molecule has 2 atom stereocenters. The van der Waals surface area contributed by atoms with E-state index >= 15 is 0 Å². The highest BCUT2D eigenvalue weighted by molar-refractivity contribution is 4.94. The molecule has 0 radical (unpaired) electrons. The van der Waals surface area contributed by atoms with Gasteiger partial charge in [0.05, 0.1) is 5.60 Å². The van der Waals surface area contributed by atoms with E-state index in [1.54, 1.807) is 0 Å². The SMILES string of the molecule is CCNC(CC1CC1)C1CCOC2(CCCCC2)C1. The van der Waals surface area contributed by atoms with Crippen LogP contribution in [0.2, 0.25) is 0 Å². The molecule has 0 bridgehead atoms. The minimum Gasteiger partial charge on any atom is -0.375 e. The van der Waals surface area contributed by atoms with E-state index in [1.165, 1.54) is 64.2 Å². The molecule has 1 aliphatic heterocycles. The molecule has 0 amide bonds. The first-order valence-corrected chi connectivity index (χ1v) is 8.69. The van der Waals surface area contributed by atoms with Gasteiger partial charge in [0.25, 0.3) is 0 Å². The average Bonchev–Trinajstić information content (AvgIpc) is 3.23. The Kier molecular flexibility index (Phi) is 4.48. The third-order valence-corrected chi connectivity index (χ3v) is 5.62. The van der Waals surface area contributed by atoms with E-state index in [0.717, 1.165) is 31.0 Å². The van der Waals surface area contributed by atoms with Crippen molar-refractivity contribution in [3.05, 3.63) is 0 Å². The Bertz CT molecular complexity index is 275. The molecule has 2 heteroatoms. The lowest BCUT2D eigenvalue weighted by atomic mass is 9.73. The molecule has 1 N–H and O–H groups in total. The summed E-state index contributed by atoms with van der Waals surface area (Å²) in [5.74, 6) is 1.90. The molecule has 2 unspecified atom stereocenters. The van der Waals surface area contributed by atoms with E-state index in [2.05, 4.69) is 12.2 Å². The van der Waals surface area contributed by atoms with Crippen LogP contribution in [0.5, 0.6) is 0 Å². The molecule has 1 saturated heterocycles. The van der Waals surface area contributed by atoms with Crippen molar-refractivity contribution in [3.63, 3.8) is 0 Å². The molecule has 19 heavy (non-hydrogen) atoms. The molecule has 2 saturated carbocycles. The normalized spacial score (nSPS) is 32.4. The van der Waals surface area contributed by atoms with E-state index in [4.69, 9.17) is 4.74 Å². The fourth-order valence-electron chi connectivity index (χ4n) is 4.37. The summed E-state index contributed by atoms with van der Waals surface area (Å²) >= 11 is 0. The van der Waals surface area contributed by atoms with Crippen LogP contribution in [-0.2, 0) is 4.74 Å². The average molecular weight is 265 g/mol. The van der Waals surface area contributed by atoms with Gasteiger partial charge < -0.3 is 10.1 Å². The first-order chi connectivity index (χ1) is 9.31. The third-order valence-electron chi connectivity index (χ3n) is 5.62. The van der Waals surface area contributed by atoms with Crippen LogP contribution in [0.4, 0.5) is 0 Å². The van der Waals surface area contributed by atoms with Crippen molar-refractivity contribution in [1.29, 1.82) is 0 Å². The predicted molar refractivity (Wildman–Crippen MR) is 79.3 cm³/mol. The standard InChI is InChI=1S/C17H31NO/c1-2-18-16(12-14-6-7-14)15-8-11-19-17(13-15)9-4-3-5-10-17/h14-16,18H,2-13H2,1H3. The highest BCUT2D eigenvalue weighted by Gasteiger charge is 2.41. The summed E-state index contributed by atoms with van der Waals surface area (Å²) in [4.78, 5) is 0. The lowest BCUT2D eigenvalue weighted by Gasteiger charge is -2.45. The third kappa shape index (κ3) is 3.52. The predicted octanol–water partition coefficient (Wildman–Crippen LogP) is 3.89. The highest BCUT2D eigenvalue weighted by atomic mass is 16.5. The zero-order valence-electron chi connectivity index (χ0n) is 12.6. The quantitative estimate of drug-likeness (QED) is 0.814. The Labute approximate surface area is 118 Å². The van der Waals surface area contributed by atoms with Crippen molar-refractivity contribution >= 4 is 0 Å². The second kappa shape index (κ2) is 6.13. The number of rotatable bonds is 5. The molecule has 1 heterocycles. The molecule has 3 rings (SSSR count). The Morgan fingerprint density at radius 2 is 1.95 bits per heavy atom. The minimum absolute atomic E-state index is 0.276. The van der Waals surface area contributed by atoms with E-state index < -0.39 is 0 Å². The number of hydrogen-bond donors (Lipinski definition) is 1. The first-order valence-electron chi connectivity index (χ1n) is 8.69. The van der Waals surface area contributed by atoms with Crippen LogP contribution in [0.25, 0.3) is 0 Å². The maximum absolute atomic E-state index is 6.26. The van der Waals surface area contributed by atoms with Crippen molar-refractivity contribution in [1.82, 2.24) is 5.32 Å². The molecular formula is C17H31NO. The van der Waals surface area contributed by atoms with Crippen molar-refractivity contribution in [2.24, 2.45) is 11.8 Å². The summed E-state index contributed by atoms with van der Waals surface area (Å²) in [5, 5.41) is 3.79. The molecule has 0 aromatic heterocycles. The van der Waals surface area contributed by atoms with Crippen LogP contribution >= 0.6 is 0 Å². The van der Waals surface area contributed by atoms with Crippen LogP contribution in [-0.4, -0.2) is 24.8 Å². The largest absolute Gasteiger partial charge is 0.375 e. The summed E-state index contributed by atoms with van der Waals surface area (Å²) < 4.78 is 6.26. The number of hydrogen-bond acceptors (Lipinski definition) is 2. The van der Waals surface area contributed by atoms with Gasteiger partial charge in [-0.15, -0.1) is 0 Å². The molecule has 2 aliphatic carbocycles. The highest BCUT2D eigenvalue weighted by Crippen LogP contribution is 2.43. The maximum Gasteiger partial charge on any atom is 0.0685 e. The monoisotopic (exact) mass is 265 g/mol. The molecule has 3 aliphatic rings. The van der Waals surface area contributed by atoms with E-state index in [1.807, 2.05) is 0 Å². The van der Waals surface area contributed by atoms with Gasteiger partial charge in [-0.1, -0.05) is 39.0 Å².